The zero-order valence-electron chi connectivity index (χ0n) is 11.1. The predicted molar refractivity (Wildman–Crippen MR) is 72.1 cm³/mol. The third-order valence-electron chi connectivity index (χ3n) is 3.68. The lowest BCUT2D eigenvalue weighted by atomic mass is 9.82. The van der Waals surface area contributed by atoms with Crippen molar-refractivity contribution >= 4 is 17.7 Å². The summed E-state index contributed by atoms with van der Waals surface area (Å²) in [6, 6.07) is 3.19. The number of primary amides is 1. The SMILES string of the molecule is NC(=O)c1ccc(NCC2CCC(C(=O)O)CC2)nn1. The van der Waals surface area contributed by atoms with E-state index in [0.29, 0.717) is 11.7 Å². The molecular weight excluding hydrogens is 260 g/mol. The number of hydrogen-bond acceptors (Lipinski definition) is 5. The van der Waals surface area contributed by atoms with Crippen LogP contribution in [0.25, 0.3) is 0 Å². The number of carbonyl (C=O) groups excluding carboxylic acids is 1. The summed E-state index contributed by atoms with van der Waals surface area (Å²) in [7, 11) is 0. The highest BCUT2D eigenvalue weighted by molar-refractivity contribution is 5.90. The number of rotatable bonds is 5. The second-order valence-electron chi connectivity index (χ2n) is 5.10. The number of anilines is 1. The van der Waals surface area contributed by atoms with Gasteiger partial charge in [-0.05, 0) is 43.7 Å². The molecule has 1 aromatic rings. The van der Waals surface area contributed by atoms with Gasteiger partial charge in [0.25, 0.3) is 5.91 Å². The molecule has 0 saturated heterocycles. The maximum absolute atomic E-state index is 10.9. The molecule has 1 amide bonds. The van der Waals surface area contributed by atoms with Gasteiger partial charge in [0.2, 0.25) is 0 Å². The summed E-state index contributed by atoms with van der Waals surface area (Å²) in [5.41, 5.74) is 5.22. The number of carbonyl (C=O) groups is 2. The van der Waals surface area contributed by atoms with Gasteiger partial charge in [-0.15, -0.1) is 10.2 Å². The minimum Gasteiger partial charge on any atom is -0.481 e. The van der Waals surface area contributed by atoms with Crippen LogP contribution in [0.15, 0.2) is 12.1 Å². The van der Waals surface area contributed by atoms with Crippen LogP contribution in [0.5, 0.6) is 0 Å². The smallest absolute Gasteiger partial charge is 0.306 e. The second-order valence-corrected chi connectivity index (χ2v) is 5.10. The molecule has 20 heavy (non-hydrogen) atoms. The number of aliphatic carboxylic acids is 1. The zero-order chi connectivity index (χ0) is 14.5. The molecule has 1 aliphatic rings. The molecule has 7 heteroatoms. The molecule has 1 aromatic heterocycles. The van der Waals surface area contributed by atoms with Crippen LogP contribution in [0.4, 0.5) is 5.82 Å². The molecule has 0 spiro atoms. The molecule has 0 aliphatic heterocycles. The molecule has 108 valence electrons. The van der Waals surface area contributed by atoms with Crippen molar-refractivity contribution in [2.45, 2.75) is 25.7 Å². The van der Waals surface area contributed by atoms with E-state index in [4.69, 9.17) is 10.8 Å². The fourth-order valence-corrected chi connectivity index (χ4v) is 2.42. The lowest BCUT2D eigenvalue weighted by Gasteiger charge is -2.26. The highest BCUT2D eigenvalue weighted by Crippen LogP contribution is 2.28. The quantitative estimate of drug-likeness (QED) is 0.735. The van der Waals surface area contributed by atoms with E-state index in [1.54, 1.807) is 6.07 Å². The first kappa shape index (κ1) is 14.2. The van der Waals surface area contributed by atoms with Gasteiger partial charge in [0.1, 0.15) is 5.82 Å². The van der Waals surface area contributed by atoms with Crippen LogP contribution in [0, 0.1) is 11.8 Å². The average Bonchev–Trinajstić information content (AvgIpc) is 2.46. The minimum atomic E-state index is -0.690. The molecule has 4 N–H and O–H groups in total. The van der Waals surface area contributed by atoms with E-state index >= 15 is 0 Å². The Morgan fingerprint density at radius 2 is 1.95 bits per heavy atom. The number of aromatic nitrogens is 2. The van der Waals surface area contributed by atoms with Crippen molar-refractivity contribution in [3.05, 3.63) is 17.8 Å². The lowest BCUT2D eigenvalue weighted by molar-refractivity contribution is -0.143. The molecule has 1 heterocycles. The van der Waals surface area contributed by atoms with Crippen LogP contribution in [-0.4, -0.2) is 33.7 Å². The first-order valence-corrected chi connectivity index (χ1v) is 6.66. The predicted octanol–water partition coefficient (Wildman–Crippen LogP) is 0.878. The van der Waals surface area contributed by atoms with E-state index < -0.39 is 11.9 Å². The van der Waals surface area contributed by atoms with E-state index in [0.717, 1.165) is 32.2 Å². The number of carboxylic acid groups (broad SMARTS) is 1. The largest absolute Gasteiger partial charge is 0.481 e. The highest BCUT2D eigenvalue weighted by atomic mass is 16.4. The highest BCUT2D eigenvalue weighted by Gasteiger charge is 2.25. The molecule has 1 saturated carbocycles. The Kier molecular flexibility index (Phi) is 4.49. The van der Waals surface area contributed by atoms with E-state index in [1.165, 1.54) is 6.07 Å². The monoisotopic (exact) mass is 278 g/mol. The average molecular weight is 278 g/mol. The van der Waals surface area contributed by atoms with Crippen LogP contribution in [-0.2, 0) is 4.79 Å². The second kappa shape index (κ2) is 6.31. The van der Waals surface area contributed by atoms with Crippen LogP contribution < -0.4 is 11.1 Å². The van der Waals surface area contributed by atoms with Crippen molar-refractivity contribution in [2.75, 3.05) is 11.9 Å². The van der Waals surface area contributed by atoms with E-state index in [9.17, 15) is 9.59 Å². The topological polar surface area (TPSA) is 118 Å². The van der Waals surface area contributed by atoms with Crippen molar-refractivity contribution in [3.63, 3.8) is 0 Å². The number of carboxylic acids is 1. The number of nitrogens with one attached hydrogen (secondary N) is 1. The summed E-state index contributed by atoms with van der Waals surface area (Å²) >= 11 is 0. The first-order valence-electron chi connectivity index (χ1n) is 6.66. The fraction of sp³-hybridized carbons (Fsp3) is 0.538. The molecule has 1 aliphatic carbocycles. The van der Waals surface area contributed by atoms with Crippen molar-refractivity contribution in [2.24, 2.45) is 17.6 Å². The Morgan fingerprint density at radius 1 is 1.25 bits per heavy atom. The Balaban J connectivity index is 1.78. The number of nitrogens with two attached hydrogens (primary N) is 1. The molecule has 2 rings (SSSR count). The van der Waals surface area contributed by atoms with Gasteiger partial charge in [0.15, 0.2) is 5.69 Å². The third-order valence-corrected chi connectivity index (χ3v) is 3.68. The van der Waals surface area contributed by atoms with Gasteiger partial charge in [-0.3, -0.25) is 9.59 Å². The maximum Gasteiger partial charge on any atom is 0.306 e. The van der Waals surface area contributed by atoms with Crippen molar-refractivity contribution in [3.8, 4) is 0 Å². The van der Waals surface area contributed by atoms with Gasteiger partial charge < -0.3 is 16.2 Å². The Morgan fingerprint density at radius 3 is 2.45 bits per heavy atom. The van der Waals surface area contributed by atoms with Crippen molar-refractivity contribution in [1.29, 1.82) is 0 Å². The third kappa shape index (κ3) is 3.66. The van der Waals surface area contributed by atoms with E-state index in [2.05, 4.69) is 15.5 Å². The molecule has 0 aromatic carbocycles. The standard InChI is InChI=1S/C13H18N4O3/c14-12(18)10-5-6-11(17-16-10)15-7-8-1-3-9(4-2-8)13(19)20/h5-6,8-9H,1-4,7H2,(H2,14,18)(H,15,17)(H,19,20). The van der Waals surface area contributed by atoms with Crippen LogP contribution in [0.2, 0.25) is 0 Å². The zero-order valence-corrected chi connectivity index (χ0v) is 11.1. The summed E-state index contributed by atoms with van der Waals surface area (Å²) in [6.07, 6.45) is 3.26. The van der Waals surface area contributed by atoms with Gasteiger partial charge in [-0.2, -0.15) is 0 Å². The number of amides is 1. The van der Waals surface area contributed by atoms with Crippen LogP contribution in [0.3, 0.4) is 0 Å². The molecule has 0 radical (unpaired) electrons. The number of nitrogens with zero attached hydrogens (tertiary/aromatic N) is 2. The fourth-order valence-electron chi connectivity index (χ4n) is 2.42. The molecule has 0 unspecified atom stereocenters. The van der Waals surface area contributed by atoms with Gasteiger partial charge in [-0.25, -0.2) is 0 Å². The van der Waals surface area contributed by atoms with Gasteiger partial charge in [-0.1, -0.05) is 0 Å². The summed E-state index contributed by atoms with van der Waals surface area (Å²) in [5.74, 6) is -0.445. The molecule has 0 atom stereocenters. The van der Waals surface area contributed by atoms with E-state index in [1.807, 2.05) is 0 Å². The van der Waals surface area contributed by atoms with Gasteiger partial charge in [0, 0.05) is 6.54 Å². The first-order chi connectivity index (χ1) is 9.56. The summed E-state index contributed by atoms with van der Waals surface area (Å²) in [5, 5.41) is 19.7. The van der Waals surface area contributed by atoms with Gasteiger partial charge >= 0.3 is 5.97 Å². The van der Waals surface area contributed by atoms with Crippen molar-refractivity contribution < 1.29 is 14.7 Å². The van der Waals surface area contributed by atoms with Crippen molar-refractivity contribution in [1.82, 2.24) is 10.2 Å². The van der Waals surface area contributed by atoms with Crippen LogP contribution in [0.1, 0.15) is 36.2 Å². The lowest BCUT2D eigenvalue weighted by Crippen LogP contribution is -2.25. The normalized spacial score (nSPS) is 22.2. The molecular formula is C13H18N4O3. The summed E-state index contributed by atoms with van der Waals surface area (Å²) < 4.78 is 0. The molecule has 1 fully saturated rings. The summed E-state index contributed by atoms with van der Waals surface area (Å²) in [4.78, 5) is 21.7. The van der Waals surface area contributed by atoms with Gasteiger partial charge in [0.05, 0.1) is 5.92 Å². The maximum atomic E-state index is 10.9. The Hall–Kier alpha value is -2.18. The number of hydrogen-bond donors (Lipinski definition) is 3. The van der Waals surface area contributed by atoms with E-state index in [-0.39, 0.29) is 11.6 Å². The Labute approximate surface area is 116 Å². The minimum absolute atomic E-state index is 0.137. The summed E-state index contributed by atoms with van der Waals surface area (Å²) in [6.45, 7) is 0.733. The molecule has 7 nitrogen and oxygen atoms in total. The van der Waals surface area contributed by atoms with Crippen LogP contribution >= 0.6 is 0 Å². The Bertz CT molecular complexity index is 481. The molecule has 0 bridgehead atoms.